The van der Waals surface area contributed by atoms with Gasteiger partial charge in [-0.15, -0.1) is 0 Å². The summed E-state index contributed by atoms with van der Waals surface area (Å²) in [6, 6.07) is 0. The zero-order valence-corrected chi connectivity index (χ0v) is 45.6. The fourth-order valence-electron chi connectivity index (χ4n) is 8.30. The van der Waals surface area contributed by atoms with E-state index in [0.29, 0.717) is 19.3 Å². The molecule has 0 aliphatic heterocycles. The Morgan fingerprint density at radius 2 is 0.580 bits per heavy atom. The van der Waals surface area contributed by atoms with Crippen LogP contribution in [0.15, 0.2) is 72.9 Å². The molecule has 0 heterocycles. The summed E-state index contributed by atoms with van der Waals surface area (Å²) in [6.45, 7) is 6.49. The number of hydrogen-bond donors (Lipinski definition) is 0. The fraction of sp³-hybridized carbons (Fsp3) is 0.762. The number of hydrogen-bond acceptors (Lipinski definition) is 6. The van der Waals surface area contributed by atoms with Gasteiger partial charge in [0.05, 0.1) is 0 Å². The Morgan fingerprint density at radius 3 is 0.957 bits per heavy atom. The molecule has 0 unspecified atom stereocenters. The number of allylic oxidation sites excluding steroid dienone is 12. The van der Waals surface area contributed by atoms with Crippen LogP contribution in [-0.2, 0) is 28.6 Å². The lowest BCUT2D eigenvalue weighted by molar-refractivity contribution is -0.167. The van der Waals surface area contributed by atoms with E-state index in [4.69, 9.17) is 14.2 Å². The molecule has 0 rings (SSSR count). The lowest BCUT2D eigenvalue weighted by Gasteiger charge is -2.18. The number of unbranched alkanes of at least 4 members (excludes halogenated alkanes) is 30. The van der Waals surface area contributed by atoms with E-state index < -0.39 is 6.10 Å². The van der Waals surface area contributed by atoms with Crippen LogP contribution in [0.25, 0.3) is 0 Å². The summed E-state index contributed by atoms with van der Waals surface area (Å²) in [6.07, 6.45) is 73.3. The van der Waals surface area contributed by atoms with E-state index in [1.165, 1.54) is 167 Å². The van der Waals surface area contributed by atoms with E-state index in [2.05, 4.69) is 93.7 Å². The van der Waals surface area contributed by atoms with Crippen LogP contribution < -0.4 is 0 Å². The van der Waals surface area contributed by atoms with Crippen molar-refractivity contribution in [2.75, 3.05) is 13.2 Å². The van der Waals surface area contributed by atoms with Gasteiger partial charge in [0, 0.05) is 19.3 Å². The average molecular weight is 964 g/mol. The zero-order valence-electron chi connectivity index (χ0n) is 45.6. The zero-order chi connectivity index (χ0) is 50.0. The Bertz CT molecular complexity index is 1290. The minimum atomic E-state index is -0.805. The molecule has 6 heteroatoms. The second-order valence-corrected chi connectivity index (χ2v) is 19.5. The summed E-state index contributed by atoms with van der Waals surface area (Å²) in [5.41, 5.74) is 0. The Morgan fingerprint density at radius 1 is 0.304 bits per heavy atom. The highest BCUT2D eigenvalue weighted by Crippen LogP contribution is 2.16. The van der Waals surface area contributed by atoms with Crippen LogP contribution >= 0.6 is 0 Å². The lowest BCUT2D eigenvalue weighted by Crippen LogP contribution is -2.30. The first-order valence-corrected chi connectivity index (χ1v) is 29.4. The molecule has 0 N–H and O–H groups in total. The summed E-state index contributed by atoms with van der Waals surface area (Å²) in [5.74, 6) is -0.949. The van der Waals surface area contributed by atoms with Crippen LogP contribution in [0.3, 0.4) is 0 Å². The van der Waals surface area contributed by atoms with Gasteiger partial charge in [-0.25, -0.2) is 0 Å². The molecule has 0 radical (unpaired) electrons. The first kappa shape index (κ1) is 65.8. The van der Waals surface area contributed by atoms with Gasteiger partial charge < -0.3 is 14.2 Å². The summed E-state index contributed by atoms with van der Waals surface area (Å²) in [7, 11) is 0. The van der Waals surface area contributed by atoms with Crippen LogP contribution in [-0.4, -0.2) is 37.2 Å². The molecule has 0 fully saturated rings. The molecule has 0 aromatic rings. The molecule has 398 valence electrons. The highest BCUT2D eigenvalue weighted by molar-refractivity contribution is 5.71. The maximum Gasteiger partial charge on any atom is 0.306 e. The molecule has 6 nitrogen and oxygen atoms in total. The highest BCUT2D eigenvalue weighted by Gasteiger charge is 2.19. The molecule has 0 saturated heterocycles. The minimum absolute atomic E-state index is 0.0967. The van der Waals surface area contributed by atoms with Crippen LogP contribution in [0.4, 0.5) is 0 Å². The van der Waals surface area contributed by atoms with Crippen LogP contribution in [0.2, 0.25) is 0 Å². The Hall–Kier alpha value is -3.15. The van der Waals surface area contributed by atoms with E-state index in [-0.39, 0.29) is 37.5 Å². The summed E-state index contributed by atoms with van der Waals surface area (Å²) in [4.78, 5) is 38.2. The average Bonchev–Trinajstić information content (AvgIpc) is 3.35. The van der Waals surface area contributed by atoms with E-state index in [1.54, 1.807) is 0 Å². The van der Waals surface area contributed by atoms with Gasteiger partial charge in [0.2, 0.25) is 0 Å². The summed E-state index contributed by atoms with van der Waals surface area (Å²) >= 11 is 0. The summed E-state index contributed by atoms with van der Waals surface area (Å²) in [5, 5.41) is 0. The Labute approximate surface area is 427 Å². The topological polar surface area (TPSA) is 78.9 Å². The molecule has 0 saturated carbocycles. The molecular weight excluding hydrogens is 853 g/mol. The number of esters is 3. The van der Waals surface area contributed by atoms with Crippen molar-refractivity contribution in [2.45, 2.75) is 297 Å². The quantitative estimate of drug-likeness (QED) is 0.0262. The maximum absolute atomic E-state index is 12.8. The standard InChI is InChI=1S/C63H110O6/c1-4-7-10-13-16-19-22-25-28-30-31-33-35-38-41-44-47-50-53-56-62(65)68-59-60(58-67-61(64)55-52-49-46-43-40-37-34-27-24-21-18-15-12-9-6-3)69-63(66)57-54-51-48-45-42-39-36-32-29-26-23-20-17-14-11-8-5-2/h8,11,17,20-21,24,26,29,36,39,45,48,60H,4-7,9-10,12-16,18-19,22-23,25,27-28,30-35,37-38,40-44,46-47,49-59H2,1-3H3/b11-8+,20-17+,24-21+,29-26+,39-36+,48-45+/t60-/m1/s1. The van der Waals surface area contributed by atoms with Crippen molar-refractivity contribution in [3.05, 3.63) is 72.9 Å². The molecule has 0 aliphatic carbocycles. The number of ether oxygens (including phenoxy) is 3. The SMILES string of the molecule is CC/C=C/C/C=C/C/C=C/C/C=C/C/C=C/CCCC(=O)O[C@H](COC(=O)CCCCCCCCC/C=C/CCCCCC)COC(=O)CCCCCCCCCCCCCCCCCCCCC. The van der Waals surface area contributed by atoms with Crippen molar-refractivity contribution in [2.24, 2.45) is 0 Å². The molecule has 0 aromatic carbocycles. The van der Waals surface area contributed by atoms with E-state index in [1.807, 2.05) is 0 Å². The van der Waals surface area contributed by atoms with Gasteiger partial charge >= 0.3 is 17.9 Å². The molecule has 0 amide bonds. The van der Waals surface area contributed by atoms with Crippen molar-refractivity contribution in [3.8, 4) is 0 Å². The minimum Gasteiger partial charge on any atom is -0.462 e. The Kier molecular flexibility index (Phi) is 54.8. The van der Waals surface area contributed by atoms with Gasteiger partial charge in [0.15, 0.2) is 6.10 Å². The maximum atomic E-state index is 12.8. The monoisotopic (exact) mass is 963 g/mol. The second kappa shape index (κ2) is 57.4. The first-order chi connectivity index (χ1) is 34.0. The highest BCUT2D eigenvalue weighted by atomic mass is 16.6. The largest absolute Gasteiger partial charge is 0.462 e. The predicted octanol–water partition coefficient (Wildman–Crippen LogP) is 19.8. The van der Waals surface area contributed by atoms with Gasteiger partial charge in [-0.1, -0.05) is 261 Å². The van der Waals surface area contributed by atoms with Gasteiger partial charge in [-0.3, -0.25) is 14.4 Å². The number of carbonyl (C=O) groups is 3. The third-order valence-corrected chi connectivity index (χ3v) is 12.7. The molecular formula is C63H110O6. The van der Waals surface area contributed by atoms with Crippen molar-refractivity contribution < 1.29 is 28.6 Å². The molecule has 0 aliphatic rings. The van der Waals surface area contributed by atoms with E-state index >= 15 is 0 Å². The van der Waals surface area contributed by atoms with Crippen molar-refractivity contribution in [1.82, 2.24) is 0 Å². The number of rotatable bonds is 53. The van der Waals surface area contributed by atoms with Crippen molar-refractivity contribution in [1.29, 1.82) is 0 Å². The van der Waals surface area contributed by atoms with Crippen LogP contribution in [0.1, 0.15) is 290 Å². The smallest absolute Gasteiger partial charge is 0.306 e. The third-order valence-electron chi connectivity index (χ3n) is 12.7. The van der Waals surface area contributed by atoms with Gasteiger partial charge in [-0.2, -0.15) is 0 Å². The van der Waals surface area contributed by atoms with Crippen LogP contribution in [0.5, 0.6) is 0 Å². The second-order valence-electron chi connectivity index (χ2n) is 19.5. The van der Waals surface area contributed by atoms with Crippen LogP contribution in [0, 0.1) is 0 Å². The molecule has 0 bridgehead atoms. The van der Waals surface area contributed by atoms with Crippen molar-refractivity contribution >= 4 is 17.9 Å². The normalized spacial score (nSPS) is 12.6. The third kappa shape index (κ3) is 55.6. The molecule has 1 atom stereocenters. The van der Waals surface area contributed by atoms with E-state index in [0.717, 1.165) is 77.0 Å². The van der Waals surface area contributed by atoms with E-state index in [9.17, 15) is 14.4 Å². The molecule has 69 heavy (non-hydrogen) atoms. The lowest BCUT2D eigenvalue weighted by atomic mass is 10.0. The summed E-state index contributed by atoms with van der Waals surface area (Å²) < 4.78 is 16.8. The first-order valence-electron chi connectivity index (χ1n) is 29.4. The number of carbonyl (C=O) groups excluding carboxylic acids is 3. The fourth-order valence-corrected chi connectivity index (χ4v) is 8.30. The van der Waals surface area contributed by atoms with Gasteiger partial charge in [-0.05, 0) is 83.5 Å². The Balaban J connectivity index is 4.43. The molecule has 0 spiro atoms. The molecule has 0 aromatic heterocycles. The predicted molar refractivity (Wildman–Crippen MR) is 298 cm³/mol. The van der Waals surface area contributed by atoms with Gasteiger partial charge in [0.25, 0.3) is 0 Å². The van der Waals surface area contributed by atoms with Gasteiger partial charge in [0.1, 0.15) is 13.2 Å². The van der Waals surface area contributed by atoms with Crippen molar-refractivity contribution in [3.63, 3.8) is 0 Å².